The number of halogens is 1. The van der Waals surface area contributed by atoms with Crippen LogP contribution >= 0.6 is 22.6 Å². The van der Waals surface area contributed by atoms with E-state index in [2.05, 4.69) is 22.6 Å². The minimum Gasteiger partial charge on any atom is -0.378 e. The maximum atomic E-state index is 11.4. The highest BCUT2D eigenvalue weighted by Crippen LogP contribution is 2.02. The number of carbonyl (C=O) groups is 1. The van der Waals surface area contributed by atoms with Crippen molar-refractivity contribution in [2.24, 2.45) is 0 Å². The first-order valence-electron chi connectivity index (χ1n) is 4.31. The van der Waals surface area contributed by atoms with E-state index < -0.39 is 0 Å². The highest BCUT2D eigenvalue weighted by molar-refractivity contribution is 14.1. The molecule has 0 aliphatic carbocycles. The Hall–Kier alpha value is 0.120. The first-order valence-corrected chi connectivity index (χ1v) is 5.56. The summed E-state index contributed by atoms with van der Waals surface area (Å²) < 4.78 is 10.4. The van der Waals surface area contributed by atoms with Crippen molar-refractivity contribution < 1.29 is 14.3 Å². The fraction of sp³-hybridized carbons (Fsp3) is 0.875. The monoisotopic (exact) mass is 299 g/mol. The molecule has 1 atom stereocenters. The van der Waals surface area contributed by atoms with Crippen LogP contribution in [0.1, 0.15) is 6.92 Å². The molecule has 4 nitrogen and oxygen atoms in total. The molecule has 1 rings (SSSR count). The smallest absolute Gasteiger partial charge is 0.248 e. The van der Waals surface area contributed by atoms with Crippen LogP contribution in [0.15, 0.2) is 0 Å². The summed E-state index contributed by atoms with van der Waals surface area (Å²) in [5, 5.41) is 0. The van der Waals surface area contributed by atoms with Gasteiger partial charge in [-0.3, -0.25) is 4.79 Å². The van der Waals surface area contributed by atoms with Gasteiger partial charge in [-0.25, -0.2) is 0 Å². The van der Waals surface area contributed by atoms with E-state index in [1.54, 1.807) is 4.90 Å². The average Bonchev–Trinajstić information content (AvgIpc) is 2.15. The highest BCUT2D eigenvalue weighted by atomic mass is 127. The molecule has 0 saturated carbocycles. The van der Waals surface area contributed by atoms with Gasteiger partial charge in [0.25, 0.3) is 0 Å². The largest absolute Gasteiger partial charge is 0.378 e. The molecule has 0 aromatic heterocycles. The highest BCUT2D eigenvalue weighted by Gasteiger charge is 2.16. The van der Waals surface area contributed by atoms with Gasteiger partial charge in [-0.05, 0) is 6.92 Å². The van der Waals surface area contributed by atoms with Crippen molar-refractivity contribution >= 4 is 28.5 Å². The molecule has 0 spiro atoms. The van der Waals surface area contributed by atoms with Crippen LogP contribution in [0.3, 0.4) is 0 Å². The van der Waals surface area contributed by atoms with E-state index in [-0.39, 0.29) is 16.6 Å². The molecule has 1 aliphatic rings. The predicted molar refractivity (Wildman–Crippen MR) is 56.8 cm³/mol. The van der Waals surface area contributed by atoms with Crippen LogP contribution in [0.5, 0.6) is 0 Å². The molecule has 13 heavy (non-hydrogen) atoms. The number of hydrogen-bond donors (Lipinski definition) is 0. The quantitative estimate of drug-likeness (QED) is 0.567. The Morgan fingerprint density at radius 1 is 1.62 bits per heavy atom. The average molecular weight is 299 g/mol. The maximum Gasteiger partial charge on any atom is 0.248 e. The topological polar surface area (TPSA) is 38.8 Å². The Bertz CT molecular complexity index is 169. The Morgan fingerprint density at radius 2 is 2.23 bits per heavy atom. The molecular formula is C8H14INO3. The maximum absolute atomic E-state index is 11.4. The van der Waals surface area contributed by atoms with Crippen molar-refractivity contribution in [3.05, 3.63) is 0 Å². The second-order valence-electron chi connectivity index (χ2n) is 2.85. The summed E-state index contributed by atoms with van der Waals surface area (Å²) in [7, 11) is 0. The number of nitrogens with zero attached hydrogens (tertiary/aromatic N) is 1. The molecule has 1 heterocycles. The van der Waals surface area contributed by atoms with E-state index in [1.807, 2.05) is 6.92 Å². The van der Waals surface area contributed by atoms with Crippen LogP contribution in [0.2, 0.25) is 0 Å². The zero-order chi connectivity index (χ0) is 9.68. The van der Waals surface area contributed by atoms with Gasteiger partial charge < -0.3 is 14.4 Å². The van der Waals surface area contributed by atoms with E-state index in [0.717, 1.165) is 0 Å². The van der Waals surface area contributed by atoms with Gasteiger partial charge in [0.2, 0.25) is 5.91 Å². The van der Waals surface area contributed by atoms with Crippen molar-refractivity contribution in [1.29, 1.82) is 0 Å². The summed E-state index contributed by atoms with van der Waals surface area (Å²) in [5.74, 6) is 0.0619. The number of hydrogen-bond acceptors (Lipinski definition) is 3. The Balaban J connectivity index is 2.21. The van der Waals surface area contributed by atoms with Crippen molar-refractivity contribution in [2.75, 3.05) is 32.9 Å². The number of ether oxygens (including phenoxy) is 2. The predicted octanol–water partition coefficient (Wildman–Crippen LogP) is 0.643. The fourth-order valence-electron chi connectivity index (χ4n) is 1.09. The molecule has 0 N–H and O–H groups in total. The lowest BCUT2D eigenvalue weighted by atomic mass is 10.4. The molecule has 1 unspecified atom stereocenters. The molecule has 0 aromatic rings. The lowest BCUT2D eigenvalue weighted by Crippen LogP contribution is -2.42. The third-order valence-electron chi connectivity index (χ3n) is 1.80. The van der Waals surface area contributed by atoms with E-state index in [9.17, 15) is 4.79 Å². The molecule has 0 aromatic carbocycles. The Kier molecular flexibility index (Phi) is 4.97. The third-order valence-corrected chi connectivity index (χ3v) is 2.16. The molecule has 1 saturated heterocycles. The van der Waals surface area contributed by atoms with Crippen molar-refractivity contribution in [3.63, 3.8) is 0 Å². The van der Waals surface area contributed by atoms with Gasteiger partial charge in [0.05, 0.1) is 13.2 Å². The molecule has 0 radical (unpaired) electrons. The summed E-state index contributed by atoms with van der Waals surface area (Å²) >= 11 is 2.13. The van der Waals surface area contributed by atoms with E-state index in [0.29, 0.717) is 26.3 Å². The summed E-state index contributed by atoms with van der Waals surface area (Å²) in [6.45, 7) is 4.77. The molecule has 0 bridgehead atoms. The third kappa shape index (κ3) is 4.24. The van der Waals surface area contributed by atoms with E-state index in [4.69, 9.17) is 9.47 Å². The zero-order valence-electron chi connectivity index (χ0n) is 7.66. The van der Waals surface area contributed by atoms with Crippen LogP contribution in [0, 0.1) is 0 Å². The second-order valence-corrected chi connectivity index (χ2v) is 4.60. The van der Waals surface area contributed by atoms with Crippen molar-refractivity contribution in [2.45, 2.75) is 11.0 Å². The van der Waals surface area contributed by atoms with Crippen LogP contribution < -0.4 is 0 Å². The van der Waals surface area contributed by atoms with Crippen LogP contribution in [-0.2, 0) is 14.3 Å². The van der Waals surface area contributed by atoms with Gasteiger partial charge >= 0.3 is 0 Å². The number of alkyl halides is 1. The van der Waals surface area contributed by atoms with Gasteiger partial charge in [-0.15, -0.1) is 0 Å². The fourth-order valence-corrected chi connectivity index (χ4v) is 1.27. The number of rotatable bonds is 3. The van der Waals surface area contributed by atoms with Gasteiger partial charge in [0.15, 0.2) is 0 Å². The van der Waals surface area contributed by atoms with Crippen LogP contribution in [0.4, 0.5) is 0 Å². The van der Waals surface area contributed by atoms with Gasteiger partial charge in [0.1, 0.15) is 10.7 Å². The first-order chi connectivity index (χ1) is 6.20. The Labute approximate surface area is 91.7 Å². The lowest BCUT2D eigenvalue weighted by molar-refractivity contribution is -0.140. The van der Waals surface area contributed by atoms with Gasteiger partial charge in [-0.2, -0.15) is 0 Å². The van der Waals surface area contributed by atoms with E-state index >= 15 is 0 Å². The SMILES string of the molecule is CC(I)OCC(=O)N1CCOCC1. The lowest BCUT2D eigenvalue weighted by Gasteiger charge is -2.26. The Morgan fingerprint density at radius 3 is 2.77 bits per heavy atom. The van der Waals surface area contributed by atoms with E-state index in [1.165, 1.54) is 0 Å². The van der Waals surface area contributed by atoms with Crippen LogP contribution in [0.25, 0.3) is 0 Å². The molecule has 1 aliphatic heterocycles. The van der Waals surface area contributed by atoms with Crippen molar-refractivity contribution in [3.8, 4) is 0 Å². The zero-order valence-corrected chi connectivity index (χ0v) is 9.82. The van der Waals surface area contributed by atoms with Gasteiger partial charge in [-0.1, -0.05) is 22.6 Å². The summed E-state index contributed by atoms with van der Waals surface area (Å²) in [6.07, 6.45) is 0. The number of amides is 1. The number of morpholine rings is 1. The minimum atomic E-state index is 0.0619. The van der Waals surface area contributed by atoms with Crippen LogP contribution in [-0.4, -0.2) is 47.8 Å². The standard InChI is InChI=1S/C8H14INO3/c1-7(9)13-6-8(11)10-2-4-12-5-3-10/h7H,2-6H2,1H3. The first kappa shape index (κ1) is 11.2. The molecule has 5 heteroatoms. The minimum absolute atomic E-state index is 0.0619. The molecule has 1 fully saturated rings. The van der Waals surface area contributed by atoms with Gasteiger partial charge in [0, 0.05) is 13.1 Å². The summed E-state index contributed by atoms with van der Waals surface area (Å²) in [4.78, 5) is 13.2. The molecule has 76 valence electrons. The normalized spacial score (nSPS) is 20.0. The second kappa shape index (κ2) is 5.77. The summed E-state index contributed by atoms with van der Waals surface area (Å²) in [6, 6.07) is 0. The molecule has 1 amide bonds. The van der Waals surface area contributed by atoms with Crippen molar-refractivity contribution in [1.82, 2.24) is 4.90 Å². The molecular weight excluding hydrogens is 285 g/mol. The summed E-state index contributed by atoms with van der Waals surface area (Å²) in [5.41, 5.74) is 0. The number of carbonyl (C=O) groups excluding carboxylic acids is 1.